The van der Waals surface area contributed by atoms with Crippen LogP contribution in [0.2, 0.25) is 0 Å². The van der Waals surface area contributed by atoms with Gasteiger partial charge in [-0.1, -0.05) is 12.1 Å². The van der Waals surface area contributed by atoms with Gasteiger partial charge in [-0.3, -0.25) is 0 Å². The van der Waals surface area contributed by atoms with Crippen LogP contribution < -0.4 is 10.5 Å². The molecule has 1 rings (SSSR count). The molecule has 4 nitrogen and oxygen atoms in total. The predicted octanol–water partition coefficient (Wildman–Crippen LogP) is 1.20. The minimum Gasteiger partial charge on any atom is -0.410 e. The maximum absolute atomic E-state index is 10.4. The van der Waals surface area contributed by atoms with E-state index in [9.17, 15) is 9.90 Å². The summed E-state index contributed by atoms with van der Waals surface area (Å²) in [5.41, 5.74) is 5.51. The summed E-state index contributed by atoms with van der Waals surface area (Å²) in [6.45, 7) is 1.63. The van der Waals surface area contributed by atoms with E-state index in [2.05, 4.69) is 4.74 Å². The van der Waals surface area contributed by atoms with Crippen LogP contribution in [0.5, 0.6) is 5.75 Å². The van der Waals surface area contributed by atoms with Gasteiger partial charge in [0, 0.05) is 0 Å². The Bertz CT molecular complexity index is 309. The molecule has 0 heterocycles. The number of rotatable bonds is 2. The minimum atomic E-state index is -0.859. The summed E-state index contributed by atoms with van der Waals surface area (Å²) in [6, 6.07) is 6.57. The first-order valence-corrected chi connectivity index (χ1v) is 3.85. The fraction of sp³-hybridized carbons (Fsp3) is 0.222. The molecule has 0 saturated carbocycles. The van der Waals surface area contributed by atoms with E-state index in [-0.39, 0.29) is 0 Å². The number of nitrogens with two attached hydrogens (primary N) is 1. The summed E-state index contributed by atoms with van der Waals surface area (Å²) in [6.07, 6.45) is -1.45. The first kappa shape index (κ1) is 9.54. The molecule has 0 radical (unpaired) electrons. The Labute approximate surface area is 75.9 Å². The van der Waals surface area contributed by atoms with Crippen molar-refractivity contribution in [2.24, 2.45) is 5.73 Å². The van der Waals surface area contributed by atoms with E-state index in [4.69, 9.17) is 5.73 Å². The van der Waals surface area contributed by atoms with Crippen LogP contribution in [0.1, 0.15) is 18.6 Å². The van der Waals surface area contributed by atoms with E-state index in [0.29, 0.717) is 11.3 Å². The van der Waals surface area contributed by atoms with Crippen molar-refractivity contribution in [3.8, 4) is 5.75 Å². The highest BCUT2D eigenvalue weighted by Gasteiger charge is 2.03. The second-order valence-electron chi connectivity index (χ2n) is 2.67. The number of aliphatic hydroxyl groups excluding tert-OH is 1. The number of carbonyl (C=O) groups excluding carboxylic acids is 1. The third kappa shape index (κ3) is 2.76. The number of hydrogen-bond donors (Lipinski definition) is 2. The highest BCUT2D eigenvalue weighted by Crippen LogP contribution is 2.18. The van der Waals surface area contributed by atoms with Crippen LogP contribution in [0.25, 0.3) is 0 Å². The minimum absolute atomic E-state index is 0.339. The molecule has 13 heavy (non-hydrogen) atoms. The summed E-state index contributed by atoms with van der Waals surface area (Å²) < 4.78 is 4.63. The Morgan fingerprint density at radius 3 is 2.85 bits per heavy atom. The molecule has 0 bridgehead atoms. The summed E-state index contributed by atoms with van der Waals surface area (Å²) >= 11 is 0. The van der Waals surface area contributed by atoms with Crippen molar-refractivity contribution in [3.63, 3.8) is 0 Å². The Hall–Kier alpha value is -1.55. The smallest absolute Gasteiger partial charge is 0.409 e. The molecule has 0 unspecified atom stereocenters. The van der Waals surface area contributed by atoms with Crippen LogP contribution in [0, 0.1) is 0 Å². The molecular weight excluding hydrogens is 170 g/mol. The van der Waals surface area contributed by atoms with E-state index in [1.54, 1.807) is 31.2 Å². The van der Waals surface area contributed by atoms with Gasteiger partial charge in [0.15, 0.2) is 0 Å². The second kappa shape index (κ2) is 3.91. The molecule has 4 heteroatoms. The standard InChI is InChI=1S/C9H11NO3/c1-6(11)7-3-2-4-8(5-7)13-9(10)12/h2-6,11H,1H3,(H2,10,12)/t6-/m1/s1. The molecule has 0 aliphatic carbocycles. The van der Waals surface area contributed by atoms with Gasteiger partial charge < -0.3 is 15.6 Å². The Balaban J connectivity index is 2.85. The number of ether oxygens (including phenoxy) is 1. The van der Waals surface area contributed by atoms with Gasteiger partial charge in [-0.2, -0.15) is 0 Å². The van der Waals surface area contributed by atoms with Crippen LogP contribution in [0.15, 0.2) is 24.3 Å². The SMILES string of the molecule is C[C@@H](O)c1cccc(OC(N)=O)c1. The summed E-state index contributed by atoms with van der Waals surface area (Å²) in [4.78, 5) is 10.4. The van der Waals surface area contributed by atoms with Crippen molar-refractivity contribution < 1.29 is 14.6 Å². The highest BCUT2D eigenvalue weighted by molar-refractivity contribution is 5.68. The third-order valence-electron chi connectivity index (χ3n) is 1.56. The zero-order valence-electron chi connectivity index (χ0n) is 7.23. The van der Waals surface area contributed by atoms with Crippen LogP contribution >= 0.6 is 0 Å². The van der Waals surface area contributed by atoms with Gasteiger partial charge in [0.25, 0.3) is 0 Å². The molecule has 70 valence electrons. The zero-order valence-corrected chi connectivity index (χ0v) is 7.23. The third-order valence-corrected chi connectivity index (χ3v) is 1.56. The van der Waals surface area contributed by atoms with Crippen LogP contribution in [-0.2, 0) is 0 Å². The molecule has 0 saturated heterocycles. The van der Waals surface area contributed by atoms with Crippen molar-refractivity contribution >= 4 is 6.09 Å². The van der Waals surface area contributed by atoms with Crippen molar-refractivity contribution in [2.75, 3.05) is 0 Å². The molecule has 0 aromatic heterocycles. The molecule has 0 fully saturated rings. The number of hydrogen-bond acceptors (Lipinski definition) is 3. The molecule has 0 aliphatic rings. The lowest BCUT2D eigenvalue weighted by Crippen LogP contribution is -2.16. The van der Waals surface area contributed by atoms with Crippen LogP contribution in [0.3, 0.4) is 0 Å². The van der Waals surface area contributed by atoms with Gasteiger partial charge in [0.2, 0.25) is 0 Å². The topological polar surface area (TPSA) is 72.6 Å². The number of amides is 1. The summed E-state index contributed by atoms with van der Waals surface area (Å²) in [5, 5.41) is 9.21. The van der Waals surface area contributed by atoms with Gasteiger partial charge in [-0.05, 0) is 24.6 Å². The van der Waals surface area contributed by atoms with E-state index in [0.717, 1.165) is 0 Å². The fourth-order valence-electron chi connectivity index (χ4n) is 0.954. The fourth-order valence-corrected chi connectivity index (χ4v) is 0.954. The van der Waals surface area contributed by atoms with Crippen molar-refractivity contribution in [3.05, 3.63) is 29.8 Å². The van der Waals surface area contributed by atoms with E-state index >= 15 is 0 Å². The number of carbonyl (C=O) groups is 1. The molecule has 0 spiro atoms. The average Bonchev–Trinajstić information content (AvgIpc) is 2.03. The second-order valence-corrected chi connectivity index (χ2v) is 2.67. The van der Waals surface area contributed by atoms with Gasteiger partial charge >= 0.3 is 6.09 Å². The molecular formula is C9H11NO3. The molecule has 3 N–H and O–H groups in total. The quantitative estimate of drug-likeness (QED) is 0.719. The normalized spacial score (nSPS) is 12.2. The molecule has 1 aromatic rings. The summed E-state index contributed by atoms with van der Waals surface area (Å²) in [5.74, 6) is 0.339. The van der Waals surface area contributed by atoms with Gasteiger partial charge in [0.1, 0.15) is 5.75 Å². The average molecular weight is 181 g/mol. The number of aliphatic hydroxyl groups is 1. The van der Waals surface area contributed by atoms with E-state index < -0.39 is 12.2 Å². The lowest BCUT2D eigenvalue weighted by molar-refractivity contribution is 0.197. The van der Waals surface area contributed by atoms with Gasteiger partial charge in [-0.15, -0.1) is 0 Å². The highest BCUT2D eigenvalue weighted by atomic mass is 16.5. The molecule has 1 amide bonds. The number of benzene rings is 1. The van der Waals surface area contributed by atoms with Crippen molar-refractivity contribution in [1.29, 1.82) is 0 Å². The van der Waals surface area contributed by atoms with Gasteiger partial charge in [0.05, 0.1) is 6.10 Å². The monoisotopic (exact) mass is 181 g/mol. The van der Waals surface area contributed by atoms with E-state index in [1.807, 2.05) is 0 Å². The van der Waals surface area contributed by atoms with Crippen molar-refractivity contribution in [2.45, 2.75) is 13.0 Å². The maximum Gasteiger partial charge on any atom is 0.409 e. The lowest BCUT2D eigenvalue weighted by Gasteiger charge is -2.06. The lowest BCUT2D eigenvalue weighted by atomic mass is 10.1. The largest absolute Gasteiger partial charge is 0.410 e. The maximum atomic E-state index is 10.4. The Morgan fingerprint density at radius 1 is 1.62 bits per heavy atom. The van der Waals surface area contributed by atoms with Crippen LogP contribution in [-0.4, -0.2) is 11.2 Å². The first-order valence-electron chi connectivity index (χ1n) is 3.85. The number of primary amides is 1. The van der Waals surface area contributed by atoms with Gasteiger partial charge in [-0.25, -0.2) is 4.79 Å². The summed E-state index contributed by atoms with van der Waals surface area (Å²) in [7, 11) is 0. The molecule has 1 aromatic carbocycles. The van der Waals surface area contributed by atoms with Crippen molar-refractivity contribution in [1.82, 2.24) is 0 Å². The molecule has 1 atom stereocenters. The Morgan fingerprint density at radius 2 is 2.31 bits per heavy atom. The zero-order chi connectivity index (χ0) is 9.84. The molecule has 0 aliphatic heterocycles. The first-order chi connectivity index (χ1) is 6.09. The van der Waals surface area contributed by atoms with E-state index in [1.165, 1.54) is 0 Å². The Kier molecular flexibility index (Phi) is 2.87. The predicted molar refractivity (Wildman–Crippen MR) is 47.3 cm³/mol. The van der Waals surface area contributed by atoms with Crippen LogP contribution in [0.4, 0.5) is 4.79 Å².